The van der Waals surface area contributed by atoms with Crippen LogP contribution in [0.2, 0.25) is 0 Å². The van der Waals surface area contributed by atoms with E-state index in [2.05, 4.69) is 105 Å². The minimum atomic E-state index is -4.80. The van der Waals surface area contributed by atoms with Crippen LogP contribution in [0.25, 0.3) is 0 Å². The van der Waals surface area contributed by atoms with E-state index in [0.717, 1.165) is 96.3 Å². The molecule has 0 aromatic rings. The van der Waals surface area contributed by atoms with Gasteiger partial charge in [0.2, 0.25) is 0 Å². The third-order valence-electron chi connectivity index (χ3n) is 10.1. The normalized spacial score (nSPS) is 15.6. The fourth-order valence-electron chi connectivity index (χ4n) is 6.17. The maximum Gasteiger partial charge on any atom is 0.472 e. The number of phosphoric acid groups is 2. The molecule has 0 aromatic heterocycles. The number of aliphatic hydroxyl groups excluding tert-OH is 3. The molecule has 0 aromatic carbocycles. The van der Waals surface area contributed by atoms with Crippen molar-refractivity contribution in [1.29, 1.82) is 0 Å². The zero-order valence-corrected chi connectivity index (χ0v) is 43.3. The van der Waals surface area contributed by atoms with Crippen LogP contribution in [0.15, 0.2) is 72.9 Å². The Kier molecular flexibility index (Phi) is 45.1. The first kappa shape index (κ1) is 65.5. The van der Waals surface area contributed by atoms with E-state index in [-0.39, 0.29) is 12.8 Å². The van der Waals surface area contributed by atoms with E-state index in [4.69, 9.17) is 9.47 Å². The Hall–Kier alpha value is -2.52. The van der Waals surface area contributed by atoms with E-state index in [1.165, 1.54) is 44.9 Å². The molecule has 5 unspecified atom stereocenters. The number of allylic oxidation sites excluding steroid dienone is 12. The summed E-state index contributed by atoms with van der Waals surface area (Å²) in [4.78, 5) is 43.8. The molecule has 5 atom stereocenters. The number of esters is 2. The summed E-state index contributed by atoms with van der Waals surface area (Å²) < 4.78 is 53.0. The smallest absolute Gasteiger partial charge is 0.463 e. The molecule has 0 saturated carbocycles. The molecule has 0 aliphatic heterocycles. The summed E-state index contributed by atoms with van der Waals surface area (Å²) in [6.45, 7) is 0.317. The van der Waals surface area contributed by atoms with Crippen molar-refractivity contribution in [3.05, 3.63) is 72.9 Å². The van der Waals surface area contributed by atoms with Crippen molar-refractivity contribution < 1.29 is 71.4 Å². The Balaban J connectivity index is 3.92. The number of ether oxygens (including phenoxy) is 2. The van der Waals surface area contributed by atoms with Crippen LogP contribution in [0, 0.1) is 0 Å². The largest absolute Gasteiger partial charge is 0.472 e. The average Bonchev–Trinajstić information content (AvgIpc) is 3.31. The molecular weight excluding hydrogens is 914 g/mol. The molecule has 17 heteroatoms. The lowest BCUT2D eigenvalue weighted by molar-refractivity contribution is -0.148. The SMILES string of the molecule is CCCCC/C=C\C/C=C\C/C=C\CCCCCCCCC(=O)OCC(O)COP(=O)(O)OCC(O)COP(=O)(O)OCC(O)COC(=O)CCCCCC/C=C\C/C=C\C/C=C\CCCCC. The summed E-state index contributed by atoms with van der Waals surface area (Å²) in [5.41, 5.74) is 0. The Morgan fingerprint density at radius 3 is 0.941 bits per heavy atom. The lowest BCUT2D eigenvalue weighted by atomic mass is 10.1. The molecular formula is C51H90O15P2. The second-order valence-corrected chi connectivity index (χ2v) is 19.7. The van der Waals surface area contributed by atoms with Gasteiger partial charge in [0.15, 0.2) is 0 Å². The Morgan fingerprint density at radius 1 is 0.382 bits per heavy atom. The van der Waals surface area contributed by atoms with Crippen molar-refractivity contribution in [2.75, 3.05) is 39.6 Å². The Bertz CT molecular complexity index is 1500. The molecule has 0 spiro atoms. The number of unbranched alkanes of at least 4 members (excludes halogenated alkanes) is 16. The van der Waals surface area contributed by atoms with E-state index < -0.39 is 85.5 Å². The van der Waals surface area contributed by atoms with Gasteiger partial charge in [-0.15, -0.1) is 0 Å². The van der Waals surface area contributed by atoms with E-state index in [0.29, 0.717) is 12.8 Å². The molecule has 68 heavy (non-hydrogen) atoms. The molecule has 0 radical (unpaired) electrons. The second kappa shape index (κ2) is 46.8. The highest BCUT2D eigenvalue weighted by molar-refractivity contribution is 7.47. The van der Waals surface area contributed by atoms with Crippen LogP contribution in [0.4, 0.5) is 0 Å². The number of aliphatic hydroxyl groups is 3. The van der Waals surface area contributed by atoms with E-state index in [1.807, 2.05) is 0 Å². The molecule has 5 N–H and O–H groups in total. The monoisotopic (exact) mass is 1000 g/mol. The molecule has 0 aliphatic carbocycles. The fourth-order valence-corrected chi connectivity index (χ4v) is 7.76. The van der Waals surface area contributed by atoms with Crippen molar-refractivity contribution in [2.45, 2.75) is 199 Å². The van der Waals surface area contributed by atoms with Crippen molar-refractivity contribution in [3.63, 3.8) is 0 Å². The van der Waals surface area contributed by atoms with Gasteiger partial charge in [-0.1, -0.05) is 151 Å². The molecule has 0 rings (SSSR count). The number of hydrogen-bond acceptors (Lipinski definition) is 13. The zero-order chi connectivity index (χ0) is 50.2. The first-order chi connectivity index (χ1) is 32.8. The summed E-state index contributed by atoms with van der Waals surface area (Å²) in [6.07, 6.45) is 47.3. The average molecular weight is 1010 g/mol. The van der Waals surface area contributed by atoms with Crippen molar-refractivity contribution in [2.24, 2.45) is 0 Å². The van der Waals surface area contributed by atoms with Crippen molar-refractivity contribution >= 4 is 27.6 Å². The van der Waals surface area contributed by atoms with Crippen LogP contribution in [0.1, 0.15) is 181 Å². The van der Waals surface area contributed by atoms with Gasteiger partial charge < -0.3 is 34.6 Å². The summed E-state index contributed by atoms with van der Waals surface area (Å²) in [5.74, 6) is -1.03. The van der Waals surface area contributed by atoms with Gasteiger partial charge in [0.25, 0.3) is 0 Å². The Morgan fingerprint density at radius 2 is 0.632 bits per heavy atom. The highest BCUT2D eigenvalue weighted by Crippen LogP contribution is 2.45. The standard InChI is InChI=1S/C51H90O15P2/c1-3-5-7-9-11-13-15-17-19-21-22-24-26-28-30-32-34-36-38-40-51(56)62-42-48(53)44-64-68(59,60)66-46-49(54)45-65-67(57,58)63-43-47(52)41-61-50(55)39-37-35-33-31-29-27-25-23-20-18-16-14-12-10-8-6-4-2/h11-14,17-20,22,24-25,27,47-49,52-54H,3-10,15-16,21,23,26,28-46H2,1-2H3,(H,57,58)(H,59,60)/b13-11-,14-12-,19-17-,20-18-,24-22-,27-25-. The van der Waals surface area contributed by atoms with Crippen LogP contribution in [0.3, 0.4) is 0 Å². The van der Waals surface area contributed by atoms with Crippen LogP contribution >= 0.6 is 15.6 Å². The summed E-state index contributed by atoms with van der Waals surface area (Å²) in [6, 6.07) is 0. The minimum Gasteiger partial charge on any atom is -0.463 e. The lowest BCUT2D eigenvalue weighted by Gasteiger charge is -2.19. The molecule has 0 saturated heterocycles. The van der Waals surface area contributed by atoms with E-state index in [1.54, 1.807) is 0 Å². The minimum absolute atomic E-state index is 0.168. The van der Waals surface area contributed by atoms with Crippen LogP contribution in [0.5, 0.6) is 0 Å². The van der Waals surface area contributed by atoms with Gasteiger partial charge >= 0.3 is 27.6 Å². The molecule has 0 fully saturated rings. The third-order valence-corrected chi connectivity index (χ3v) is 12.0. The van der Waals surface area contributed by atoms with Gasteiger partial charge in [0.05, 0.1) is 26.4 Å². The van der Waals surface area contributed by atoms with Crippen LogP contribution in [-0.4, -0.2) is 95.0 Å². The summed E-state index contributed by atoms with van der Waals surface area (Å²) in [5, 5.41) is 30.1. The molecule has 0 heterocycles. The van der Waals surface area contributed by atoms with Gasteiger partial charge in [0, 0.05) is 12.8 Å². The lowest BCUT2D eigenvalue weighted by Crippen LogP contribution is -2.25. The molecule has 0 bridgehead atoms. The highest BCUT2D eigenvalue weighted by atomic mass is 31.2. The number of carbonyl (C=O) groups is 2. The van der Waals surface area contributed by atoms with Crippen LogP contribution in [-0.2, 0) is 46.3 Å². The third kappa shape index (κ3) is 48.5. The van der Waals surface area contributed by atoms with Gasteiger partial charge in [0.1, 0.15) is 31.5 Å². The van der Waals surface area contributed by atoms with Gasteiger partial charge in [-0.3, -0.25) is 27.7 Å². The predicted octanol–water partition coefficient (Wildman–Crippen LogP) is 11.9. The second-order valence-electron chi connectivity index (χ2n) is 16.8. The van der Waals surface area contributed by atoms with Gasteiger partial charge in [-0.2, -0.15) is 0 Å². The maximum atomic E-state index is 12.2. The summed E-state index contributed by atoms with van der Waals surface area (Å²) >= 11 is 0. The van der Waals surface area contributed by atoms with Gasteiger partial charge in [-0.05, 0) is 89.9 Å². The van der Waals surface area contributed by atoms with Crippen molar-refractivity contribution in [3.8, 4) is 0 Å². The first-order valence-electron chi connectivity index (χ1n) is 25.3. The fraction of sp³-hybridized carbons (Fsp3) is 0.725. The number of phosphoric ester groups is 2. The number of carbonyl (C=O) groups excluding carboxylic acids is 2. The van der Waals surface area contributed by atoms with Crippen molar-refractivity contribution in [1.82, 2.24) is 0 Å². The van der Waals surface area contributed by atoms with Gasteiger partial charge in [-0.25, -0.2) is 9.13 Å². The first-order valence-corrected chi connectivity index (χ1v) is 28.3. The number of rotatable bonds is 48. The Labute approximate surface area is 409 Å². The summed E-state index contributed by atoms with van der Waals surface area (Å²) in [7, 11) is -9.59. The highest BCUT2D eigenvalue weighted by Gasteiger charge is 2.28. The van der Waals surface area contributed by atoms with E-state index >= 15 is 0 Å². The molecule has 0 aliphatic rings. The zero-order valence-electron chi connectivity index (χ0n) is 41.5. The molecule has 0 amide bonds. The maximum absolute atomic E-state index is 12.2. The van der Waals surface area contributed by atoms with E-state index in [9.17, 15) is 43.8 Å². The predicted molar refractivity (Wildman–Crippen MR) is 270 cm³/mol. The quantitative estimate of drug-likeness (QED) is 0.0165. The topological polar surface area (TPSA) is 225 Å². The molecule has 394 valence electrons. The van der Waals surface area contributed by atoms with Crippen LogP contribution < -0.4 is 0 Å². The number of hydrogen-bond donors (Lipinski definition) is 5. The molecule has 15 nitrogen and oxygen atoms in total.